The van der Waals surface area contributed by atoms with E-state index in [0.717, 1.165) is 6.42 Å². The van der Waals surface area contributed by atoms with Gasteiger partial charge in [-0.1, -0.05) is 43.3 Å². The van der Waals surface area contributed by atoms with Gasteiger partial charge in [-0.15, -0.1) is 0 Å². The van der Waals surface area contributed by atoms with Crippen LogP contribution in [0.1, 0.15) is 36.8 Å². The molecule has 1 N–H and O–H groups in total. The number of carbonyl (C=O) groups is 1. The summed E-state index contributed by atoms with van der Waals surface area (Å²) in [5.74, 6) is -1.04. The van der Waals surface area contributed by atoms with Crippen molar-refractivity contribution in [3.63, 3.8) is 0 Å². The van der Waals surface area contributed by atoms with Gasteiger partial charge in [0.05, 0.1) is 0 Å². The molecule has 0 saturated carbocycles. The van der Waals surface area contributed by atoms with Crippen LogP contribution in [-0.4, -0.2) is 12.5 Å². The lowest BCUT2D eigenvalue weighted by Crippen LogP contribution is -2.25. The summed E-state index contributed by atoms with van der Waals surface area (Å²) in [5.41, 5.74) is 1.20. The van der Waals surface area contributed by atoms with Crippen molar-refractivity contribution in [2.24, 2.45) is 0 Å². The standard InChI is InChI=1S/C19H21F2NO/c1-14(15-6-3-2-4-7-15)12-13-22-19(23)11-10-16-17(20)8-5-9-18(16)21/h2-9,14H,10-13H2,1H3,(H,22,23). The summed E-state index contributed by atoms with van der Waals surface area (Å²) in [4.78, 5) is 11.8. The number of nitrogens with one attached hydrogen (secondary N) is 1. The topological polar surface area (TPSA) is 29.1 Å². The number of rotatable bonds is 7. The molecular weight excluding hydrogens is 296 g/mol. The minimum atomic E-state index is -0.601. The minimum absolute atomic E-state index is 0.0275. The van der Waals surface area contributed by atoms with E-state index < -0.39 is 11.6 Å². The molecule has 4 heteroatoms. The molecule has 2 aromatic rings. The van der Waals surface area contributed by atoms with Crippen molar-refractivity contribution >= 4 is 5.91 Å². The lowest BCUT2D eigenvalue weighted by Gasteiger charge is -2.12. The molecule has 2 aromatic carbocycles. The van der Waals surface area contributed by atoms with E-state index in [4.69, 9.17) is 0 Å². The summed E-state index contributed by atoms with van der Waals surface area (Å²) in [7, 11) is 0. The molecule has 0 bridgehead atoms. The van der Waals surface area contributed by atoms with E-state index in [1.807, 2.05) is 18.2 Å². The SMILES string of the molecule is CC(CCNC(=O)CCc1c(F)cccc1F)c1ccccc1. The summed E-state index contributed by atoms with van der Waals surface area (Å²) in [6.45, 7) is 2.66. The summed E-state index contributed by atoms with van der Waals surface area (Å²) in [6, 6.07) is 13.8. The Kier molecular flexibility index (Phi) is 6.27. The fourth-order valence-electron chi connectivity index (χ4n) is 2.47. The molecule has 1 atom stereocenters. The molecule has 23 heavy (non-hydrogen) atoms. The van der Waals surface area contributed by atoms with Crippen LogP contribution in [0.15, 0.2) is 48.5 Å². The molecule has 0 fully saturated rings. The first-order valence-corrected chi connectivity index (χ1v) is 7.82. The molecule has 2 rings (SSSR count). The highest BCUT2D eigenvalue weighted by atomic mass is 19.1. The van der Waals surface area contributed by atoms with Crippen molar-refractivity contribution in [1.82, 2.24) is 5.32 Å². The number of benzene rings is 2. The first-order valence-electron chi connectivity index (χ1n) is 7.82. The first kappa shape index (κ1) is 17.1. The Morgan fingerprint density at radius 1 is 1.04 bits per heavy atom. The normalized spacial score (nSPS) is 12.0. The molecule has 1 amide bonds. The van der Waals surface area contributed by atoms with Crippen LogP contribution in [0.5, 0.6) is 0 Å². The van der Waals surface area contributed by atoms with E-state index >= 15 is 0 Å². The largest absolute Gasteiger partial charge is 0.356 e. The van der Waals surface area contributed by atoms with E-state index in [1.54, 1.807) is 0 Å². The zero-order valence-electron chi connectivity index (χ0n) is 13.2. The van der Waals surface area contributed by atoms with Crippen LogP contribution in [0.4, 0.5) is 8.78 Å². The van der Waals surface area contributed by atoms with Crippen molar-refractivity contribution in [3.05, 3.63) is 71.3 Å². The molecule has 0 radical (unpaired) electrons. The molecule has 0 aliphatic rings. The summed E-state index contributed by atoms with van der Waals surface area (Å²) < 4.78 is 26.9. The van der Waals surface area contributed by atoms with Crippen LogP contribution in [0.25, 0.3) is 0 Å². The average Bonchev–Trinajstić information content (AvgIpc) is 2.55. The third-order valence-electron chi connectivity index (χ3n) is 3.93. The Balaban J connectivity index is 1.73. The Morgan fingerprint density at radius 2 is 1.70 bits per heavy atom. The molecule has 0 spiro atoms. The van der Waals surface area contributed by atoms with E-state index in [9.17, 15) is 13.6 Å². The first-order chi connectivity index (χ1) is 11.1. The number of carbonyl (C=O) groups excluding carboxylic acids is 1. The number of amides is 1. The zero-order chi connectivity index (χ0) is 16.7. The lowest BCUT2D eigenvalue weighted by molar-refractivity contribution is -0.121. The third kappa shape index (κ3) is 5.16. The Labute approximate surface area is 135 Å². The highest BCUT2D eigenvalue weighted by Gasteiger charge is 2.11. The third-order valence-corrected chi connectivity index (χ3v) is 3.93. The van der Waals surface area contributed by atoms with Crippen molar-refractivity contribution in [2.75, 3.05) is 6.54 Å². The van der Waals surface area contributed by atoms with Gasteiger partial charge in [-0.2, -0.15) is 0 Å². The van der Waals surface area contributed by atoms with Crippen LogP contribution in [0.2, 0.25) is 0 Å². The van der Waals surface area contributed by atoms with Gasteiger partial charge in [-0.05, 0) is 36.5 Å². The van der Waals surface area contributed by atoms with Crippen LogP contribution in [0.3, 0.4) is 0 Å². The molecule has 0 aliphatic carbocycles. The van der Waals surface area contributed by atoms with Gasteiger partial charge in [0, 0.05) is 18.5 Å². The number of halogens is 2. The van der Waals surface area contributed by atoms with E-state index in [2.05, 4.69) is 24.4 Å². The highest BCUT2D eigenvalue weighted by molar-refractivity contribution is 5.76. The second-order valence-electron chi connectivity index (χ2n) is 5.65. The number of hydrogen-bond acceptors (Lipinski definition) is 1. The zero-order valence-corrected chi connectivity index (χ0v) is 13.2. The van der Waals surface area contributed by atoms with Gasteiger partial charge < -0.3 is 5.32 Å². The van der Waals surface area contributed by atoms with Crippen LogP contribution in [0, 0.1) is 11.6 Å². The maximum atomic E-state index is 13.5. The fourth-order valence-corrected chi connectivity index (χ4v) is 2.47. The monoisotopic (exact) mass is 317 g/mol. The van der Waals surface area contributed by atoms with Crippen molar-refractivity contribution < 1.29 is 13.6 Å². The fraction of sp³-hybridized carbons (Fsp3) is 0.316. The maximum Gasteiger partial charge on any atom is 0.220 e. The maximum absolute atomic E-state index is 13.5. The predicted octanol–water partition coefficient (Wildman–Crippen LogP) is 4.21. The van der Waals surface area contributed by atoms with Crippen LogP contribution >= 0.6 is 0 Å². The highest BCUT2D eigenvalue weighted by Crippen LogP contribution is 2.17. The van der Waals surface area contributed by atoms with Crippen molar-refractivity contribution in [1.29, 1.82) is 0 Å². The second kappa shape index (κ2) is 8.42. The predicted molar refractivity (Wildman–Crippen MR) is 87.2 cm³/mol. The quantitative estimate of drug-likeness (QED) is 0.814. The van der Waals surface area contributed by atoms with Gasteiger partial charge in [-0.3, -0.25) is 4.79 Å². The second-order valence-corrected chi connectivity index (χ2v) is 5.65. The Hall–Kier alpha value is -2.23. The van der Waals surface area contributed by atoms with Gasteiger partial charge in [0.25, 0.3) is 0 Å². The van der Waals surface area contributed by atoms with E-state index in [-0.39, 0.29) is 24.3 Å². The molecule has 1 unspecified atom stereocenters. The smallest absolute Gasteiger partial charge is 0.220 e. The summed E-state index contributed by atoms with van der Waals surface area (Å²) in [6.07, 6.45) is 0.972. The molecule has 0 saturated heterocycles. The molecular formula is C19H21F2NO. The van der Waals surface area contributed by atoms with Crippen LogP contribution < -0.4 is 5.32 Å². The van der Waals surface area contributed by atoms with Gasteiger partial charge in [0.15, 0.2) is 0 Å². The van der Waals surface area contributed by atoms with Gasteiger partial charge >= 0.3 is 0 Å². The van der Waals surface area contributed by atoms with Crippen molar-refractivity contribution in [3.8, 4) is 0 Å². The molecule has 2 nitrogen and oxygen atoms in total. The van der Waals surface area contributed by atoms with E-state index in [0.29, 0.717) is 12.5 Å². The lowest BCUT2D eigenvalue weighted by atomic mass is 9.98. The summed E-state index contributed by atoms with van der Waals surface area (Å²) >= 11 is 0. The molecule has 122 valence electrons. The average molecular weight is 317 g/mol. The number of hydrogen-bond donors (Lipinski definition) is 1. The molecule has 0 aromatic heterocycles. The van der Waals surface area contributed by atoms with E-state index in [1.165, 1.54) is 23.8 Å². The molecule has 0 aliphatic heterocycles. The van der Waals surface area contributed by atoms with Gasteiger partial charge in [0.1, 0.15) is 11.6 Å². The van der Waals surface area contributed by atoms with Gasteiger partial charge in [0.2, 0.25) is 5.91 Å². The van der Waals surface area contributed by atoms with Crippen molar-refractivity contribution in [2.45, 2.75) is 32.1 Å². The molecule has 0 heterocycles. The Bertz CT molecular complexity index is 623. The summed E-state index contributed by atoms with van der Waals surface area (Å²) in [5, 5.41) is 2.81. The van der Waals surface area contributed by atoms with Crippen LogP contribution in [-0.2, 0) is 11.2 Å². The Morgan fingerprint density at radius 3 is 2.35 bits per heavy atom. The van der Waals surface area contributed by atoms with Gasteiger partial charge in [-0.25, -0.2) is 8.78 Å². The minimum Gasteiger partial charge on any atom is -0.356 e.